The molecule has 4 aromatic rings. The Hall–Kier alpha value is -4.01. The number of sulfonamides is 1. The van der Waals surface area contributed by atoms with E-state index in [1.165, 1.54) is 16.7 Å². The minimum absolute atomic E-state index is 0.0590. The first-order valence-electron chi connectivity index (χ1n) is 11.2. The standard InChI is InChI=1S/C26H24F2N4O4S/c1-16(18-10-5-4-8-17(18)9-7-13-26(2,3)29)32-20-14-19(27)22(15-21(20)36-25(32)33)37(34,35)31-24-12-6-11-23(28)30-24/h4-6,8,10-12,14-16H,13,29H2,1-3H3,(H,30,31)/t16-/m1/s1. The van der Waals surface area contributed by atoms with Gasteiger partial charge >= 0.3 is 5.76 Å². The van der Waals surface area contributed by atoms with Crippen LogP contribution in [0.15, 0.2) is 68.7 Å². The minimum atomic E-state index is -4.51. The van der Waals surface area contributed by atoms with Crippen molar-refractivity contribution in [3.05, 3.63) is 88.0 Å². The molecule has 0 fully saturated rings. The largest absolute Gasteiger partial charge is 0.420 e. The third kappa shape index (κ3) is 5.71. The van der Waals surface area contributed by atoms with Crippen LogP contribution in [-0.2, 0) is 10.0 Å². The summed E-state index contributed by atoms with van der Waals surface area (Å²) in [6, 6.07) is 11.9. The van der Waals surface area contributed by atoms with Gasteiger partial charge in [-0.05, 0) is 44.5 Å². The molecule has 0 amide bonds. The summed E-state index contributed by atoms with van der Waals surface area (Å²) in [7, 11) is -4.51. The first-order chi connectivity index (χ1) is 17.4. The second-order valence-corrected chi connectivity index (χ2v) is 10.8. The van der Waals surface area contributed by atoms with Gasteiger partial charge in [0.1, 0.15) is 16.5 Å². The lowest BCUT2D eigenvalue weighted by molar-refractivity contribution is 0.489. The molecule has 0 bridgehead atoms. The zero-order valence-electron chi connectivity index (χ0n) is 20.2. The van der Waals surface area contributed by atoms with Crippen LogP contribution in [0.5, 0.6) is 0 Å². The van der Waals surface area contributed by atoms with Crippen LogP contribution >= 0.6 is 0 Å². The van der Waals surface area contributed by atoms with Crippen molar-refractivity contribution in [2.24, 2.45) is 5.73 Å². The quantitative estimate of drug-likeness (QED) is 0.288. The highest BCUT2D eigenvalue weighted by atomic mass is 32.2. The molecule has 0 aliphatic heterocycles. The van der Waals surface area contributed by atoms with Gasteiger partial charge in [-0.15, -0.1) is 0 Å². The molecule has 0 unspecified atom stereocenters. The van der Waals surface area contributed by atoms with Crippen LogP contribution in [0.3, 0.4) is 0 Å². The molecule has 0 aliphatic carbocycles. The van der Waals surface area contributed by atoms with Gasteiger partial charge in [-0.2, -0.15) is 4.39 Å². The van der Waals surface area contributed by atoms with E-state index in [1.807, 2.05) is 18.6 Å². The average Bonchev–Trinajstić information content (AvgIpc) is 3.12. The lowest BCUT2D eigenvalue weighted by Crippen LogP contribution is -2.30. The molecule has 0 spiro atoms. The van der Waals surface area contributed by atoms with Crippen LogP contribution in [0, 0.1) is 23.6 Å². The Labute approximate surface area is 212 Å². The number of hydrogen-bond acceptors (Lipinski definition) is 6. The molecule has 37 heavy (non-hydrogen) atoms. The van der Waals surface area contributed by atoms with Gasteiger partial charge in [0.05, 0.1) is 11.6 Å². The number of nitrogens with two attached hydrogens (primary N) is 1. The number of rotatable bonds is 6. The van der Waals surface area contributed by atoms with Gasteiger partial charge in [-0.3, -0.25) is 9.29 Å². The van der Waals surface area contributed by atoms with Gasteiger partial charge in [-0.1, -0.05) is 36.1 Å². The van der Waals surface area contributed by atoms with E-state index in [0.29, 0.717) is 17.5 Å². The topological polar surface area (TPSA) is 120 Å². The summed E-state index contributed by atoms with van der Waals surface area (Å²) in [6.07, 6.45) is 0.450. The molecule has 2 aromatic heterocycles. The molecular formula is C26H24F2N4O4S. The Morgan fingerprint density at radius 3 is 2.59 bits per heavy atom. The number of nitrogens with one attached hydrogen (secondary N) is 1. The molecule has 0 radical (unpaired) electrons. The molecule has 1 atom stereocenters. The first kappa shape index (κ1) is 26.1. The van der Waals surface area contributed by atoms with Crippen LogP contribution in [0.2, 0.25) is 0 Å². The Bertz CT molecular complexity index is 1710. The van der Waals surface area contributed by atoms with Crippen molar-refractivity contribution in [2.45, 2.75) is 43.7 Å². The van der Waals surface area contributed by atoms with Crippen LogP contribution in [0.25, 0.3) is 11.1 Å². The number of benzene rings is 2. The Balaban J connectivity index is 1.75. The van der Waals surface area contributed by atoms with Gasteiger partial charge in [0.25, 0.3) is 10.0 Å². The number of nitrogens with zero attached hydrogens (tertiary/aromatic N) is 2. The number of fused-ring (bicyclic) bond motifs is 1. The van der Waals surface area contributed by atoms with Crippen molar-refractivity contribution in [1.82, 2.24) is 9.55 Å². The highest BCUT2D eigenvalue weighted by Crippen LogP contribution is 2.28. The van der Waals surface area contributed by atoms with Crippen molar-refractivity contribution >= 4 is 26.9 Å². The molecule has 2 heterocycles. The van der Waals surface area contributed by atoms with Crippen molar-refractivity contribution in [1.29, 1.82) is 0 Å². The van der Waals surface area contributed by atoms with Gasteiger partial charge in [-0.25, -0.2) is 22.6 Å². The number of anilines is 1. The maximum absolute atomic E-state index is 15.1. The molecule has 8 nitrogen and oxygen atoms in total. The lowest BCUT2D eigenvalue weighted by Gasteiger charge is -2.16. The highest BCUT2D eigenvalue weighted by molar-refractivity contribution is 7.92. The van der Waals surface area contributed by atoms with Gasteiger partial charge in [0, 0.05) is 29.7 Å². The summed E-state index contributed by atoms with van der Waals surface area (Å²) in [4.78, 5) is 15.5. The van der Waals surface area contributed by atoms with Gasteiger partial charge in [0.15, 0.2) is 5.58 Å². The number of hydrogen-bond donors (Lipinski definition) is 2. The zero-order valence-corrected chi connectivity index (χ0v) is 21.1. The molecule has 2 aromatic carbocycles. The molecule has 3 N–H and O–H groups in total. The Morgan fingerprint density at radius 1 is 1.16 bits per heavy atom. The predicted octanol–water partition coefficient (Wildman–Crippen LogP) is 4.16. The van der Waals surface area contributed by atoms with E-state index in [4.69, 9.17) is 10.2 Å². The summed E-state index contributed by atoms with van der Waals surface area (Å²) >= 11 is 0. The van der Waals surface area contributed by atoms with Crippen molar-refractivity contribution in [2.75, 3.05) is 4.72 Å². The molecule has 4 rings (SSSR count). The first-order valence-corrected chi connectivity index (χ1v) is 12.7. The molecule has 192 valence electrons. The van der Waals surface area contributed by atoms with Gasteiger partial charge < -0.3 is 10.2 Å². The van der Waals surface area contributed by atoms with E-state index >= 15 is 4.39 Å². The van der Waals surface area contributed by atoms with E-state index < -0.39 is 44.0 Å². The van der Waals surface area contributed by atoms with E-state index in [2.05, 4.69) is 16.8 Å². The number of pyridine rings is 1. The fourth-order valence-electron chi connectivity index (χ4n) is 3.75. The molecule has 0 saturated heterocycles. The SMILES string of the molecule is C[C@H](c1ccccc1C#CCC(C)(C)N)n1c(=O)oc2cc(S(=O)(=O)Nc3cccc(F)n3)c(F)cc21. The molecular weight excluding hydrogens is 502 g/mol. The Kier molecular flexibility index (Phi) is 6.90. The highest BCUT2D eigenvalue weighted by Gasteiger charge is 2.25. The van der Waals surface area contributed by atoms with Crippen LogP contribution in [0.4, 0.5) is 14.6 Å². The minimum Gasteiger partial charge on any atom is -0.408 e. The van der Waals surface area contributed by atoms with Crippen molar-refractivity contribution in [3.63, 3.8) is 0 Å². The molecule has 0 aliphatic rings. The third-order valence-corrected chi connectivity index (χ3v) is 6.85. The lowest BCUT2D eigenvalue weighted by atomic mass is 9.99. The zero-order chi connectivity index (χ0) is 27.0. The van der Waals surface area contributed by atoms with E-state index in [1.54, 1.807) is 31.2 Å². The molecule has 0 saturated carbocycles. The molecule has 11 heteroatoms. The summed E-state index contributed by atoms with van der Waals surface area (Å²) < 4.78 is 62.5. The summed E-state index contributed by atoms with van der Waals surface area (Å²) in [6.45, 7) is 5.45. The van der Waals surface area contributed by atoms with Crippen LogP contribution < -0.4 is 16.2 Å². The number of aromatic nitrogens is 2. The fourth-order valence-corrected chi connectivity index (χ4v) is 4.82. The van der Waals surface area contributed by atoms with E-state index in [9.17, 15) is 17.6 Å². The maximum Gasteiger partial charge on any atom is 0.420 e. The predicted molar refractivity (Wildman–Crippen MR) is 135 cm³/mol. The maximum atomic E-state index is 15.1. The fraction of sp³-hybridized carbons (Fsp3) is 0.231. The van der Waals surface area contributed by atoms with Crippen molar-refractivity contribution < 1.29 is 21.6 Å². The number of halogens is 2. The van der Waals surface area contributed by atoms with Crippen LogP contribution in [0.1, 0.15) is 44.4 Å². The smallest absolute Gasteiger partial charge is 0.408 e. The summed E-state index contributed by atoms with van der Waals surface area (Å²) in [5, 5.41) is 0. The second-order valence-electron chi connectivity index (χ2n) is 9.17. The second kappa shape index (κ2) is 9.80. The van der Waals surface area contributed by atoms with E-state index in [-0.39, 0.29) is 16.9 Å². The third-order valence-electron chi connectivity index (χ3n) is 5.48. The van der Waals surface area contributed by atoms with Crippen molar-refractivity contribution in [3.8, 4) is 11.8 Å². The average molecular weight is 527 g/mol. The summed E-state index contributed by atoms with van der Waals surface area (Å²) in [5.74, 6) is 2.95. The monoisotopic (exact) mass is 526 g/mol. The number of oxazole rings is 1. The summed E-state index contributed by atoms with van der Waals surface area (Å²) in [5.41, 5.74) is 6.79. The van der Waals surface area contributed by atoms with Gasteiger partial charge in [0.2, 0.25) is 5.95 Å². The van der Waals surface area contributed by atoms with Crippen LogP contribution in [-0.4, -0.2) is 23.5 Å². The Morgan fingerprint density at radius 2 is 1.89 bits per heavy atom. The van der Waals surface area contributed by atoms with E-state index in [0.717, 1.165) is 18.2 Å². The normalized spacial score (nSPS) is 12.7.